The first kappa shape index (κ1) is 15.6. The van der Waals surface area contributed by atoms with Gasteiger partial charge in [0.15, 0.2) is 0 Å². The van der Waals surface area contributed by atoms with E-state index in [0.717, 1.165) is 0 Å². The Balaban J connectivity index is 1.94. The van der Waals surface area contributed by atoms with Crippen LogP contribution in [0.1, 0.15) is 16.2 Å². The first-order chi connectivity index (χ1) is 11.6. The summed E-state index contributed by atoms with van der Waals surface area (Å²) < 4.78 is 18.8. The number of carbonyl (C=O) groups excluding carboxylic acids is 1. The molecule has 2 heterocycles. The van der Waals surface area contributed by atoms with Crippen LogP contribution in [0.15, 0.2) is 36.5 Å². The highest BCUT2D eigenvalue weighted by Crippen LogP contribution is 2.26. The average Bonchev–Trinajstić information content (AvgIpc) is 2.59. The quantitative estimate of drug-likeness (QED) is 0.756. The summed E-state index contributed by atoms with van der Waals surface area (Å²) in [5.74, 6) is -0.577. The van der Waals surface area contributed by atoms with Gasteiger partial charge < -0.3 is 15.8 Å². The van der Waals surface area contributed by atoms with Gasteiger partial charge in [-0.3, -0.25) is 9.78 Å². The molecule has 0 aliphatic carbocycles. The standard InChI is InChI=1S/C16H14FN5O2/c1-24-12-6-2-4-9-13(12)21-16(18)22-14(9)15(23)20-8-11-10(17)5-3-7-19-11/h2-7H,8H2,1H3,(H,20,23)(H2,18,21,22). The van der Waals surface area contributed by atoms with Gasteiger partial charge in [0, 0.05) is 11.6 Å². The molecule has 7 nitrogen and oxygen atoms in total. The summed E-state index contributed by atoms with van der Waals surface area (Å²) in [7, 11) is 1.50. The second-order valence-corrected chi connectivity index (χ2v) is 4.90. The average molecular weight is 327 g/mol. The van der Waals surface area contributed by atoms with Gasteiger partial charge in [-0.1, -0.05) is 12.1 Å². The number of nitrogens with two attached hydrogens (primary N) is 1. The van der Waals surface area contributed by atoms with Crippen molar-refractivity contribution >= 4 is 22.8 Å². The highest BCUT2D eigenvalue weighted by Gasteiger charge is 2.17. The molecule has 3 N–H and O–H groups in total. The second-order valence-electron chi connectivity index (χ2n) is 4.90. The molecule has 0 aliphatic heterocycles. The van der Waals surface area contributed by atoms with Crippen LogP contribution in [0.3, 0.4) is 0 Å². The lowest BCUT2D eigenvalue weighted by Gasteiger charge is -2.10. The predicted octanol–water partition coefficient (Wildman–Crippen LogP) is 1.68. The van der Waals surface area contributed by atoms with Crippen LogP contribution in [-0.4, -0.2) is 28.0 Å². The number of para-hydroxylation sites is 1. The van der Waals surface area contributed by atoms with E-state index in [2.05, 4.69) is 20.3 Å². The molecule has 0 aliphatic rings. The number of halogens is 1. The van der Waals surface area contributed by atoms with Crippen LogP contribution in [0.25, 0.3) is 10.9 Å². The van der Waals surface area contributed by atoms with Gasteiger partial charge in [-0.25, -0.2) is 14.4 Å². The summed E-state index contributed by atoms with van der Waals surface area (Å²) in [5.41, 5.74) is 6.34. The van der Waals surface area contributed by atoms with Gasteiger partial charge in [0.1, 0.15) is 22.8 Å². The molecule has 3 rings (SSSR count). The molecular weight excluding hydrogens is 313 g/mol. The SMILES string of the molecule is COc1cccc2c(C(=O)NCc3ncccc3F)nc(N)nc12. The fraction of sp³-hybridized carbons (Fsp3) is 0.125. The van der Waals surface area contributed by atoms with Crippen molar-refractivity contribution in [3.8, 4) is 5.75 Å². The highest BCUT2D eigenvalue weighted by atomic mass is 19.1. The maximum atomic E-state index is 13.6. The van der Waals surface area contributed by atoms with E-state index in [1.54, 1.807) is 18.2 Å². The van der Waals surface area contributed by atoms with Crippen LogP contribution in [0, 0.1) is 5.82 Å². The van der Waals surface area contributed by atoms with E-state index in [-0.39, 0.29) is 23.9 Å². The van der Waals surface area contributed by atoms with E-state index in [9.17, 15) is 9.18 Å². The van der Waals surface area contributed by atoms with Gasteiger partial charge in [-0.2, -0.15) is 0 Å². The summed E-state index contributed by atoms with van der Waals surface area (Å²) in [6.45, 7) is -0.0686. The molecule has 1 amide bonds. The first-order valence-electron chi connectivity index (χ1n) is 7.08. The molecule has 0 spiro atoms. The van der Waals surface area contributed by atoms with Crippen LogP contribution in [-0.2, 0) is 6.54 Å². The van der Waals surface area contributed by atoms with Gasteiger partial charge in [-0.15, -0.1) is 0 Å². The monoisotopic (exact) mass is 327 g/mol. The molecule has 0 unspecified atom stereocenters. The number of benzene rings is 1. The molecule has 1 aromatic carbocycles. The van der Waals surface area contributed by atoms with Crippen LogP contribution in [0.5, 0.6) is 5.75 Å². The molecule has 0 bridgehead atoms. The van der Waals surface area contributed by atoms with Crippen molar-refractivity contribution in [1.82, 2.24) is 20.3 Å². The Morgan fingerprint density at radius 2 is 2.12 bits per heavy atom. The number of hydrogen-bond acceptors (Lipinski definition) is 6. The number of anilines is 1. The van der Waals surface area contributed by atoms with E-state index in [0.29, 0.717) is 16.7 Å². The van der Waals surface area contributed by atoms with Gasteiger partial charge in [0.05, 0.1) is 19.3 Å². The van der Waals surface area contributed by atoms with Crippen LogP contribution >= 0.6 is 0 Å². The molecule has 8 heteroatoms. The normalized spacial score (nSPS) is 10.6. The second kappa shape index (κ2) is 6.45. The molecule has 24 heavy (non-hydrogen) atoms. The number of amides is 1. The molecule has 0 radical (unpaired) electrons. The van der Waals surface area contributed by atoms with E-state index in [1.807, 2.05) is 0 Å². The van der Waals surface area contributed by atoms with Crippen LogP contribution < -0.4 is 15.8 Å². The fourth-order valence-electron chi connectivity index (χ4n) is 2.28. The molecule has 122 valence electrons. The van der Waals surface area contributed by atoms with Gasteiger partial charge in [0.25, 0.3) is 5.91 Å². The van der Waals surface area contributed by atoms with Crippen LogP contribution in [0.4, 0.5) is 10.3 Å². The van der Waals surface area contributed by atoms with Crippen molar-refractivity contribution < 1.29 is 13.9 Å². The number of nitrogens with zero attached hydrogens (tertiary/aromatic N) is 3. The first-order valence-corrected chi connectivity index (χ1v) is 7.08. The molecule has 0 saturated carbocycles. The highest BCUT2D eigenvalue weighted by molar-refractivity contribution is 6.05. The zero-order chi connectivity index (χ0) is 17.1. The Bertz CT molecular complexity index is 916. The zero-order valence-corrected chi connectivity index (χ0v) is 12.8. The number of rotatable bonds is 4. The van der Waals surface area contributed by atoms with E-state index < -0.39 is 11.7 Å². The van der Waals surface area contributed by atoms with E-state index >= 15 is 0 Å². The Hall–Kier alpha value is -3.29. The number of nitrogen functional groups attached to an aromatic ring is 1. The number of aromatic nitrogens is 3. The third-order valence-electron chi connectivity index (χ3n) is 3.39. The minimum absolute atomic E-state index is 0.0545. The van der Waals surface area contributed by atoms with Gasteiger partial charge in [0.2, 0.25) is 5.95 Å². The number of nitrogens with one attached hydrogen (secondary N) is 1. The number of methoxy groups -OCH3 is 1. The molecule has 2 aromatic heterocycles. The lowest BCUT2D eigenvalue weighted by Crippen LogP contribution is -2.25. The van der Waals surface area contributed by atoms with Gasteiger partial charge >= 0.3 is 0 Å². The largest absolute Gasteiger partial charge is 0.494 e. The third-order valence-corrected chi connectivity index (χ3v) is 3.39. The van der Waals surface area contributed by atoms with E-state index in [4.69, 9.17) is 10.5 Å². The molecule has 0 atom stereocenters. The van der Waals surface area contributed by atoms with Crippen molar-refractivity contribution in [1.29, 1.82) is 0 Å². The number of ether oxygens (including phenoxy) is 1. The summed E-state index contributed by atoms with van der Waals surface area (Å²) in [6.07, 6.45) is 1.45. The summed E-state index contributed by atoms with van der Waals surface area (Å²) in [6, 6.07) is 7.87. The van der Waals surface area contributed by atoms with Crippen molar-refractivity contribution in [3.05, 3.63) is 53.7 Å². The predicted molar refractivity (Wildman–Crippen MR) is 85.9 cm³/mol. The smallest absolute Gasteiger partial charge is 0.271 e. The number of hydrogen-bond donors (Lipinski definition) is 2. The maximum Gasteiger partial charge on any atom is 0.271 e. The lowest BCUT2D eigenvalue weighted by molar-refractivity contribution is 0.0947. The Labute approximate surface area is 136 Å². The van der Waals surface area contributed by atoms with Crippen molar-refractivity contribution in [2.24, 2.45) is 0 Å². The Morgan fingerprint density at radius 1 is 1.29 bits per heavy atom. The van der Waals surface area contributed by atoms with Crippen molar-refractivity contribution in [2.45, 2.75) is 6.54 Å². The number of pyridine rings is 1. The third kappa shape index (κ3) is 2.94. The molecule has 3 aromatic rings. The molecule has 0 saturated heterocycles. The Morgan fingerprint density at radius 3 is 2.88 bits per heavy atom. The summed E-state index contributed by atoms with van der Waals surface area (Å²) >= 11 is 0. The number of carbonyl (C=O) groups is 1. The lowest BCUT2D eigenvalue weighted by atomic mass is 10.1. The van der Waals surface area contributed by atoms with Gasteiger partial charge in [-0.05, 0) is 18.2 Å². The van der Waals surface area contributed by atoms with E-state index in [1.165, 1.54) is 25.4 Å². The van der Waals surface area contributed by atoms with Crippen molar-refractivity contribution in [3.63, 3.8) is 0 Å². The summed E-state index contributed by atoms with van der Waals surface area (Å²) in [5, 5.41) is 3.07. The fourth-order valence-corrected chi connectivity index (χ4v) is 2.28. The minimum Gasteiger partial charge on any atom is -0.494 e. The molecule has 0 fully saturated rings. The molecular formula is C16H14FN5O2. The minimum atomic E-state index is -0.507. The maximum absolute atomic E-state index is 13.6. The number of fused-ring (bicyclic) bond motifs is 1. The van der Waals surface area contributed by atoms with Crippen molar-refractivity contribution in [2.75, 3.05) is 12.8 Å². The summed E-state index contributed by atoms with van der Waals surface area (Å²) in [4.78, 5) is 24.4. The Kier molecular flexibility index (Phi) is 4.19. The van der Waals surface area contributed by atoms with Crippen LogP contribution in [0.2, 0.25) is 0 Å². The topological polar surface area (TPSA) is 103 Å². The zero-order valence-electron chi connectivity index (χ0n) is 12.8.